The highest BCUT2D eigenvalue weighted by molar-refractivity contribution is 6.06. The maximum atomic E-state index is 12.6. The Hall–Kier alpha value is -4.90. The third-order valence-corrected chi connectivity index (χ3v) is 5.87. The average Bonchev–Trinajstić information content (AvgIpc) is 2.94. The molecule has 0 saturated carbocycles. The van der Waals surface area contributed by atoms with Crippen molar-refractivity contribution in [3.05, 3.63) is 121 Å². The molecule has 5 rings (SSSR count). The molecule has 0 saturated heterocycles. The molecule has 0 aliphatic heterocycles. The molecule has 0 aliphatic carbocycles. The van der Waals surface area contributed by atoms with E-state index in [9.17, 15) is 4.79 Å². The normalized spacial score (nSPS) is 10.9. The van der Waals surface area contributed by atoms with Crippen molar-refractivity contribution >= 4 is 40.1 Å². The molecular formula is C31H25N3O2. The van der Waals surface area contributed by atoms with Crippen molar-refractivity contribution < 1.29 is 9.53 Å². The van der Waals surface area contributed by atoms with Crippen LogP contribution in [0.15, 0.2) is 120 Å². The number of nitrogens with one attached hydrogen (secondary N) is 2. The van der Waals surface area contributed by atoms with E-state index in [0.717, 1.165) is 39.0 Å². The lowest BCUT2D eigenvalue weighted by Gasteiger charge is -2.07. The van der Waals surface area contributed by atoms with E-state index in [1.165, 1.54) is 6.40 Å². The van der Waals surface area contributed by atoms with Crippen LogP contribution in [0, 0.1) is 0 Å². The molecule has 0 aliphatic rings. The number of aliphatic imine (C=N–C) groups is 1. The van der Waals surface area contributed by atoms with E-state index in [1.807, 2.05) is 98.0 Å². The van der Waals surface area contributed by atoms with Gasteiger partial charge in [0.1, 0.15) is 5.75 Å². The number of nitrogens with zero attached hydrogens (tertiary/aromatic N) is 1. The number of amides is 1. The fraction of sp³-hybridized carbons (Fsp3) is 0.0323. The Kier molecular flexibility index (Phi) is 6.72. The maximum absolute atomic E-state index is 12.6. The molecule has 5 heteroatoms. The van der Waals surface area contributed by atoms with Crippen LogP contribution >= 0.6 is 0 Å². The van der Waals surface area contributed by atoms with Crippen LogP contribution in [-0.4, -0.2) is 19.4 Å². The van der Waals surface area contributed by atoms with Crippen LogP contribution in [0.2, 0.25) is 0 Å². The number of rotatable bonds is 7. The highest BCUT2D eigenvalue weighted by Crippen LogP contribution is 2.25. The predicted molar refractivity (Wildman–Crippen MR) is 149 cm³/mol. The van der Waals surface area contributed by atoms with E-state index in [-0.39, 0.29) is 5.91 Å². The van der Waals surface area contributed by atoms with Gasteiger partial charge >= 0.3 is 0 Å². The lowest BCUT2D eigenvalue weighted by Crippen LogP contribution is -2.11. The second-order valence-electron chi connectivity index (χ2n) is 8.27. The Morgan fingerprint density at radius 3 is 2.11 bits per heavy atom. The summed E-state index contributed by atoms with van der Waals surface area (Å²) in [5.41, 5.74) is 5.54. The minimum Gasteiger partial charge on any atom is -0.446 e. The number of carbonyl (C=O) groups is 1. The number of ether oxygens (including phenoxy) is 1. The van der Waals surface area contributed by atoms with Gasteiger partial charge in [-0.3, -0.25) is 4.79 Å². The first kappa shape index (κ1) is 22.9. The number of anilines is 2. The monoisotopic (exact) mass is 471 g/mol. The zero-order valence-corrected chi connectivity index (χ0v) is 19.8. The Balaban J connectivity index is 1.22. The van der Waals surface area contributed by atoms with Crippen LogP contribution in [-0.2, 0) is 0 Å². The molecule has 0 heterocycles. The minimum absolute atomic E-state index is 0.142. The van der Waals surface area contributed by atoms with Gasteiger partial charge in [0.2, 0.25) is 0 Å². The second-order valence-corrected chi connectivity index (χ2v) is 8.27. The third-order valence-electron chi connectivity index (χ3n) is 5.87. The molecule has 5 aromatic rings. The summed E-state index contributed by atoms with van der Waals surface area (Å²) in [7, 11) is 1.91. The first-order valence-corrected chi connectivity index (χ1v) is 11.7. The van der Waals surface area contributed by atoms with Crippen LogP contribution in [0.25, 0.3) is 21.9 Å². The third kappa shape index (κ3) is 5.42. The van der Waals surface area contributed by atoms with Gasteiger partial charge in [0, 0.05) is 24.0 Å². The van der Waals surface area contributed by atoms with Crippen molar-refractivity contribution in [1.82, 2.24) is 0 Å². The smallest absolute Gasteiger partial charge is 0.255 e. The number of hydrogen-bond donors (Lipinski definition) is 2. The summed E-state index contributed by atoms with van der Waals surface area (Å²) in [6.07, 6.45) is 1.44. The number of fused-ring (bicyclic) bond motifs is 1. The highest BCUT2D eigenvalue weighted by atomic mass is 16.5. The summed E-state index contributed by atoms with van der Waals surface area (Å²) < 4.78 is 5.74. The van der Waals surface area contributed by atoms with Crippen LogP contribution < -0.4 is 15.4 Å². The summed E-state index contributed by atoms with van der Waals surface area (Å²) in [4.78, 5) is 17.0. The molecule has 0 unspecified atom stereocenters. The summed E-state index contributed by atoms with van der Waals surface area (Å²) in [5.74, 6) is 0.533. The van der Waals surface area contributed by atoms with E-state index < -0.39 is 0 Å². The van der Waals surface area contributed by atoms with Gasteiger partial charge in [-0.25, -0.2) is 4.99 Å². The molecule has 5 aromatic carbocycles. The molecule has 176 valence electrons. The molecule has 0 fully saturated rings. The summed E-state index contributed by atoms with van der Waals surface area (Å²) in [6.45, 7) is 0. The van der Waals surface area contributed by atoms with Gasteiger partial charge in [-0.05, 0) is 82.6 Å². The first-order valence-electron chi connectivity index (χ1n) is 11.7. The fourth-order valence-electron chi connectivity index (χ4n) is 3.88. The molecule has 0 spiro atoms. The molecule has 0 radical (unpaired) electrons. The Labute approximate surface area is 210 Å². The van der Waals surface area contributed by atoms with E-state index in [0.29, 0.717) is 11.3 Å². The van der Waals surface area contributed by atoms with Gasteiger partial charge in [-0.1, -0.05) is 54.6 Å². The van der Waals surface area contributed by atoms with Gasteiger partial charge in [-0.2, -0.15) is 0 Å². The van der Waals surface area contributed by atoms with Crippen LogP contribution in [0.4, 0.5) is 17.1 Å². The molecular weight excluding hydrogens is 446 g/mol. The number of hydrogen-bond acceptors (Lipinski definition) is 4. The zero-order valence-electron chi connectivity index (χ0n) is 19.8. The Bertz CT molecular complexity index is 1510. The fourth-order valence-corrected chi connectivity index (χ4v) is 3.88. The minimum atomic E-state index is -0.142. The molecule has 0 bridgehead atoms. The lowest BCUT2D eigenvalue weighted by atomic mass is 10.1. The topological polar surface area (TPSA) is 62.7 Å². The average molecular weight is 472 g/mol. The van der Waals surface area contributed by atoms with Crippen molar-refractivity contribution in [2.75, 3.05) is 17.7 Å². The van der Waals surface area contributed by atoms with Crippen LogP contribution in [0.3, 0.4) is 0 Å². The van der Waals surface area contributed by atoms with Gasteiger partial charge in [0.15, 0.2) is 6.40 Å². The van der Waals surface area contributed by atoms with Gasteiger partial charge in [-0.15, -0.1) is 0 Å². The van der Waals surface area contributed by atoms with Crippen molar-refractivity contribution in [2.24, 2.45) is 4.99 Å². The molecule has 36 heavy (non-hydrogen) atoms. The number of para-hydroxylation sites is 1. The van der Waals surface area contributed by atoms with Crippen molar-refractivity contribution in [3.63, 3.8) is 0 Å². The van der Waals surface area contributed by atoms with Crippen LogP contribution in [0.5, 0.6) is 5.75 Å². The van der Waals surface area contributed by atoms with E-state index >= 15 is 0 Å². The zero-order chi connectivity index (χ0) is 24.7. The SMILES string of the molecule is CNc1ccc(-c2ccc(N=COc3ccc4cc(C(=O)Nc5ccccc5)ccc4c3)cc2)cc1. The predicted octanol–water partition coefficient (Wildman–Crippen LogP) is 7.54. The highest BCUT2D eigenvalue weighted by Gasteiger charge is 2.07. The summed E-state index contributed by atoms with van der Waals surface area (Å²) in [5, 5.41) is 7.97. The molecule has 2 N–H and O–H groups in total. The van der Waals surface area contributed by atoms with E-state index in [2.05, 4.69) is 39.9 Å². The Morgan fingerprint density at radius 1 is 0.722 bits per heavy atom. The van der Waals surface area contributed by atoms with Gasteiger partial charge < -0.3 is 15.4 Å². The van der Waals surface area contributed by atoms with Crippen molar-refractivity contribution in [2.45, 2.75) is 0 Å². The molecule has 5 nitrogen and oxygen atoms in total. The van der Waals surface area contributed by atoms with Gasteiger partial charge in [0.05, 0.1) is 5.69 Å². The quantitative estimate of drug-likeness (QED) is 0.190. The van der Waals surface area contributed by atoms with E-state index in [1.54, 1.807) is 0 Å². The Morgan fingerprint density at radius 2 is 1.39 bits per heavy atom. The van der Waals surface area contributed by atoms with Crippen molar-refractivity contribution in [3.8, 4) is 16.9 Å². The maximum Gasteiger partial charge on any atom is 0.255 e. The van der Waals surface area contributed by atoms with E-state index in [4.69, 9.17) is 4.74 Å². The standard InChI is InChI=1S/C31H25N3O2/c1-32-27-14-9-22(10-15-27)23-11-16-28(17-12-23)33-21-36-30-18-13-24-19-26(8-7-25(24)20-30)31(35)34-29-5-3-2-4-6-29/h2-21,32H,1H3,(H,34,35). The number of carbonyl (C=O) groups excluding carboxylic acids is 1. The summed E-state index contributed by atoms with van der Waals surface area (Å²) in [6, 6.07) is 37.1. The second kappa shape index (κ2) is 10.6. The van der Waals surface area contributed by atoms with Crippen molar-refractivity contribution in [1.29, 1.82) is 0 Å². The van der Waals surface area contributed by atoms with Gasteiger partial charge in [0.25, 0.3) is 5.91 Å². The molecule has 0 aromatic heterocycles. The molecule has 0 atom stereocenters. The lowest BCUT2D eigenvalue weighted by molar-refractivity contribution is 0.102. The largest absolute Gasteiger partial charge is 0.446 e. The first-order chi connectivity index (χ1) is 17.7. The summed E-state index contributed by atoms with van der Waals surface area (Å²) >= 11 is 0. The number of benzene rings is 5. The van der Waals surface area contributed by atoms with Crippen LogP contribution in [0.1, 0.15) is 10.4 Å². The molecule has 1 amide bonds.